The van der Waals surface area contributed by atoms with E-state index in [0.29, 0.717) is 6.42 Å². The maximum atomic E-state index is 9.72. The molecule has 3 N–H and O–H groups in total. The Bertz CT molecular complexity index is 215. The molecule has 3 heteroatoms. The van der Waals surface area contributed by atoms with E-state index in [0.717, 1.165) is 5.57 Å². The van der Waals surface area contributed by atoms with Crippen LogP contribution in [0, 0.1) is 5.92 Å². The van der Waals surface area contributed by atoms with E-state index >= 15 is 0 Å². The van der Waals surface area contributed by atoms with Gasteiger partial charge in [0.1, 0.15) is 0 Å². The molecule has 3 nitrogen and oxygen atoms in total. The van der Waals surface area contributed by atoms with Crippen molar-refractivity contribution in [2.24, 2.45) is 5.92 Å². The number of aliphatic hydroxyl groups excluding tert-OH is 2. The number of hydrogen-bond donors (Lipinski definition) is 3. The monoisotopic (exact) mass is 186 g/mol. The lowest BCUT2D eigenvalue weighted by Gasteiger charge is -2.37. The molecule has 0 saturated heterocycles. The van der Waals surface area contributed by atoms with Gasteiger partial charge in [0.25, 0.3) is 0 Å². The summed E-state index contributed by atoms with van der Waals surface area (Å²) in [4.78, 5) is 0. The van der Waals surface area contributed by atoms with Crippen LogP contribution in [0.2, 0.25) is 0 Å². The second-order valence-electron chi connectivity index (χ2n) is 4.41. The quantitative estimate of drug-likeness (QED) is 0.521. The van der Waals surface area contributed by atoms with Crippen molar-refractivity contribution in [3.05, 3.63) is 11.6 Å². The molecule has 1 aliphatic carbocycles. The van der Waals surface area contributed by atoms with Crippen LogP contribution < -0.4 is 0 Å². The highest BCUT2D eigenvalue weighted by atomic mass is 16.3. The summed E-state index contributed by atoms with van der Waals surface area (Å²) in [7, 11) is 0. The Morgan fingerprint density at radius 1 is 1.38 bits per heavy atom. The maximum absolute atomic E-state index is 9.72. The molecule has 0 aromatic rings. The summed E-state index contributed by atoms with van der Waals surface area (Å²) < 4.78 is 0. The Kier molecular flexibility index (Phi) is 2.80. The lowest BCUT2D eigenvalue weighted by atomic mass is 9.77. The minimum Gasteiger partial charge on any atom is -0.390 e. The largest absolute Gasteiger partial charge is 0.390 e. The molecular formula is C10H18O3. The Balaban J connectivity index is 2.82. The molecule has 0 heterocycles. The normalized spacial score (nSPS) is 35.8. The van der Waals surface area contributed by atoms with Gasteiger partial charge in [0.05, 0.1) is 17.8 Å². The lowest BCUT2D eigenvalue weighted by molar-refractivity contribution is -0.0542. The highest BCUT2D eigenvalue weighted by Crippen LogP contribution is 2.32. The molecule has 0 amide bonds. The van der Waals surface area contributed by atoms with Crippen LogP contribution in [0.25, 0.3) is 0 Å². The molecule has 0 radical (unpaired) electrons. The topological polar surface area (TPSA) is 60.7 Å². The van der Waals surface area contributed by atoms with Gasteiger partial charge >= 0.3 is 0 Å². The Morgan fingerprint density at radius 2 is 1.92 bits per heavy atom. The first-order valence-electron chi connectivity index (χ1n) is 4.59. The molecule has 76 valence electrons. The number of aliphatic hydroxyl groups is 3. The van der Waals surface area contributed by atoms with Gasteiger partial charge in [-0.05, 0) is 32.8 Å². The van der Waals surface area contributed by atoms with Crippen molar-refractivity contribution < 1.29 is 15.3 Å². The fourth-order valence-corrected chi connectivity index (χ4v) is 1.77. The van der Waals surface area contributed by atoms with Gasteiger partial charge in [-0.15, -0.1) is 0 Å². The van der Waals surface area contributed by atoms with Crippen LogP contribution in [0.4, 0.5) is 0 Å². The highest BCUT2D eigenvalue weighted by molar-refractivity contribution is 5.15. The number of rotatable bonds is 1. The first kappa shape index (κ1) is 10.7. The Hall–Kier alpha value is -0.380. The van der Waals surface area contributed by atoms with Crippen molar-refractivity contribution in [2.45, 2.75) is 45.0 Å². The third-order valence-electron chi connectivity index (χ3n) is 2.76. The van der Waals surface area contributed by atoms with Gasteiger partial charge in [-0.25, -0.2) is 0 Å². The fraction of sp³-hybridized carbons (Fsp3) is 0.800. The third-order valence-corrected chi connectivity index (χ3v) is 2.76. The van der Waals surface area contributed by atoms with Crippen molar-refractivity contribution in [1.82, 2.24) is 0 Å². The molecular weight excluding hydrogens is 168 g/mol. The van der Waals surface area contributed by atoms with E-state index in [9.17, 15) is 15.3 Å². The summed E-state index contributed by atoms with van der Waals surface area (Å²) in [5.41, 5.74) is -0.162. The molecule has 0 saturated carbocycles. The van der Waals surface area contributed by atoms with Crippen molar-refractivity contribution in [3.8, 4) is 0 Å². The zero-order chi connectivity index (χ0) is 10.2. The van der Waals surface area contributed by atoms with Crippen molar-refractivity contribution >= 4 is 0 Å². The van der Waals surface area contributed by atoms with Crippen molar-refractivity contribution in [1.29, 1.82) is 0 Å². The van der Waals surface area contributed by atoms with E-state index in [4.69, 9.17) is 0 Å². The molecule has 0 unspecified atom stereocenters. The second kappa shape index (κ2) is 3.40. The van der Waals surface area contributed by atoms with Crippen LogP contribution in [-0.4, -0.2) is 33.1 Å². The van der Waals surface area contributed by atoms with Gasteiger partial charge in [-0.1, -0.05) is 6.08 Å². The first-order valence-corrected chi connectivity index (χ1v) is 4.59. The lowest BCUT2D eigenvalue weighted by Crippen LogP contribution is -2.43. The van der Waals surface area contributed by atoms with Crippen LogP contribution in [0.1, 0.15) is 27.2 Å². The third kappa shape index (κ3) is 2.30. The minimum atomic E-state index is -0.947. The fourth-order valence-electron chi connectivity index (χ4n) is 1.77. The van der Waals surface area contributed by atoms with E-state index in [1.54, 1.807) is 26.8 Å². The Morgan fingerprint density at radius 3 is 2.38 bits per heavy atom. The summed E-state index contributed by atoms with van der Waals surface area (Å²) in [5, 5.41) is 28.9. The van der Waals surface area contributed by atoms with E-state index in [1.165, 1.54) is 0 Å². The predicted octanol–water partition coefficient (Wildman–Crippen LogP) is 0.445. The second-order valence-corrected chi connectivity index (χ2v) is 4.41. The Labute approximate surface area is 78.7 Å². The molecule has 0 spiro atoms. The van der Waals surface area contributed by atoms with E-state index in [2.05, 4.69) is 0 Å². The minimum absolute atomic E-state index is 0.286. The number of hydrogen-bond acceptors (Lipinski definition) is 3. The van der Waals surface area contributed by atoms with Gasteiger partial charge in [0, 0.05) is 5.92 Å². The zero-order valence-electron chi connectivity index (χ0n) is 8.36. The highest BCUT2D eigenvalue weighted by Gasteiger charge is 2.36. The summed E-state index contributed by atoms with van der Waals surface area (Å²) in [6.45, 7) is 5.10. The molecule has 0 aromatic carbocycles. The molecule has 0 aliphatic heterocycles. The molecule has 13 heavy (non-hydrogen) atoms. The van der Waals surface area contributed by atoms with Gasteiger partial charge in [-0.3, -0.25) is 0 Å². The van der Waals surface area contributed by atoms with Crippen molar-refractivity contribution in [3.63, 3.8) is 0 Å². The van der Waals surface area contributed by atoms with Crippen LogP contribution in [0.15, 0.2) is 11.6 Å². The molecule has 0 fully saturated rings. The van der Waals surface area contributed by atoms with E-state index in [1.807, 2.05) is 0 Å². The average molecular weight is 186 g/mol. The summed E-state index contributed by atoms with van der Waals surface area (Å²) in [5.74, 6) is -0.286. The summed E-state index contributed by atoms with van der Waals surface area (Å²) in [6, 6.07) is 0. The first-order chi connectivity index (χ1) is 5.82. The summed E-state index contributed by atoms with van der Waals surface area (Å²) in [6.07, 6.45) is 0.868. The smallest absolute Gasteiger partial charge is 0.0780 e. The predicted molar refractivity (Wildman–Crippen MR) is 50.2 cm³/mol. The van der Waals surface area contributed by atoms with Gasteiger partial charge in [0.2, 0.25) is 0 Å². The average Bonchev–Trinajstić information content (AvgIpc) is 1.94. The van der Waals surface area contributed by atoms with Crippen LogP contribution in [0.5, 0.6) is 0 Å². The maximum Gasteiger partial charge on any atom is 0.0780 e. The summed E-state index contributed by atoms with van der Waals surface area (Å²) >= 11 is 0. The van der Waals surface area contributed by atoms with E-state index < -0.39 is 17.8 Å². The SMILES string of the molecule is CC1=C[C@@H](O)[C@@H](C(C)(C)O)C[C@@H]1O. The molecule has 0 aromatic heterocycles. The van der Waals surface area contributed by atoms with Crippen LogP contribution in [0.3, 0.4) is 0 Å². The molecule has 1 aliphatic rings. The molecule has 0 bridgehead atoms. The van der Waals surface area contributed by atoms with Crippen LogP contribution >= 0.6 is 0 Å². The van der Waals surface area contributed by atoms with Crippen molar-refractivity contribution in [2.75, 3.05) is 0 Å². The van der Waals surface area contributed by atoms with Gasteiger partial charge in [-0.2, -0.15) is 0 Å². The standard InChI is InChI=1S/C10H18O3/c1-6-4-9(12)7(5-8(6)11)10(2,3)13/h4,7-9,11-13H,5H2,1-3H3/t7-,8-,9+/m0/s1. The molecule has 3 atom stereocenters. The zero-order valence-corrected chi connectivity index (χ0v) is 8.36. The van der Waals surface area contributed by atoms with E-state index in [-0.39, 0.29) is 5.92 Å². The van der Waals surface area contributed by atoms with Gasteiger partial charge in [0.15, 0.2) is 0 Å². The molecule has 1 rings (SSSR count). The van der Waals surface area contributed by atoms with Gasteiger partial charge < -0.3 is 15.3 Å². The van der Waals surface area contributed by atoms with Crippen LogP contribution in [-0.2, 0) is 0 Å².